The van der Waals surface area contributed by atoms with E-state index in [4.69, 9.17) is 14.2 Å². The van der Waals surface area contributed by atoms with E-state index in [2.05, 4.69) is 21.1 Å². The number of amides is 1. The van der Waals surface area contributed by atoms with Gasteiger partial charge in [0.05, 0.1) is 27.5 Å². The summed E-state index contributed by atoms with van der Waals surface area (Å²) in [5.74, 6) is 1.09. The summed E-state index contributed by atoms with van der Waals surface area (Å²) in [7, 11) is 4.61. The Balaban J connectivity index is 1.51. The molecule has 0 spiro atoms. The zero-order chi connectivity index (χ0) is 24.0. The Bertz CT molecular complexity index is 1150. The van der Waals surface area contributed by atoms with Crippen LogP contribution in [0.1, 0.15) is 23.1 Å². The molecule has 0 fully saturated rings. The number of carbonyl (C=O) groups excluding carboxylic acids is 1. The molecule has 0 atom stereocenters. The minimum Gasteiger partial charge on any atom is -0.493 e. The maximum absolute atomic E-state index is 12.9. The zero-order valence-electron chi connectivity index (χ0n) is 19.2. The fourth-order valence-corrected chi connectivity index (χ4v) is 3.98. The molecular weight excluding hydrogens is 432 g/mol. The van der Waals surface area contributed by atoms with Gasteiger partial charge in [0.1, 0.15) is 11.3 Å². The molecule has 0 saturated carbocycles. The number of hydrogen-bond donors (Lipinski definition) is 2. The highest BCUT2D eigenvalue weighted by molar-refractivity contribution is 6.39. The van der Waals surface area contributed by atoms with E-state index in [0.717, 1.165) is 11.1 Å². The van der Waals surface area contributed by atoms with Crippen molar-refractivity contribution in [1.82, 2.24) is 10.9 Å². The van der Waals surface area contributed by atoms with Crippen molar-refractivity contribution in [2.75, 3.05) is 21.3 Å². The fraction of sp³-hybridized carbons (Fsp3) is 0.192. The molecule has 3 aromatic carbocycles. The monoisotopic (exact) mass is 458 g/mol. The van der Waals surface area contributed by atoms with Gasteiger partial charge in [-0.3, -0.25) is 10.2 Å². The van der Waals surface area contributed by atoms with Crippen molar-refractivity contribution in [3.8, 4) is 17.2 Å². The van der Waals surface area contributed by atoms with Crippen molar-refractivity contribution in [2.45, 2.75) is 12.0 Å². The second-order valence-corrected chi connectivity index (χ2v) is 7.64. The average Bonchev–Trinajstić information content (AvgIpc) is 3.36. The number of benzene rings is 3. The van der Waals surface area contributed by atoms with E-state index < -0.39 is 5.54 Å². The summed E-state index contributed by atoms with van der Waals surface area (Å²) in [6.45, 7) is 0. The van der Waals surface area contributed by atoms with Crippen molar-refractivity contribution in [2.24, 2.45) is 10.2 Å². The van der Waals surface area contributed by atoms with Crippen molar-refractivity contribution in [3.63, 3.8) is 0 Å². The Hall–Kier alpha value is -4.33. The van der Waals surface area contributed by atoms with Gasteiger partial charge in [-0.15, -0.1) is 0 Å². The first-order chi connectivity index (χ1) is 16.6. The number of hydrazone groups is 2. The van der Waals surface area contributed by atoms with E-state index in [1.807, 2.05) is 60.7 Å². The number of hydrogen-bond acceptors (Lipinski definition) is 7. The molecule has 0 aliphatic carbocycles. The SMILES string of the molecule is COc1cc(/C=N\NC(=O)C2=NNC(c3ccccc3)(c3ccccc3)C2)cc(OC)c1OC. The molecule has 1 aliphatic heterocycles. The van der Waals surface area contributed by atoms with Crippen molar-refractivity contribution < 1.29 is 19.0 Å². The number of rotatable bonds is 8. The standard InChI is InChI=1S/C26H26N4O4/c1-32-22-14-18(15-23(33-2)24(22)34-3)17-27-29-25(31)21-16-26(30-28-21,19-10-6-4-7-11-19)20-12-8-5-9-13-20/h4-15,17,30H,16H2,1-3H3,(H,29,31)/b27-17-. The van der Waals surface area contributed by atoms with Crippen LogP contribution in [0.2, 0.25) is 0 Å². The van der Waals surface area contributed by atoms with Gasteiger partial charge in [0.2, 0.25) is 5.75 Å². The molecule has 3 aromatic rings. The van der Waals surface area contributed by atoms with Crippen LogP contribution < -0.4 is 25.1 Å². The van der Waals surface area contributed by atoms with Gasteiger partial charge in [-0.1, -0.05) is 60.7 Å². The Labute approximate surface area is 198 Å². The molecule has 8 heteroatoms. The topological polar surface area (TPSA) is 93.5 Å². The van der Waals surface area contributed by atoms with Crippen LogP contribution in [-0.4, -0.2) is 39.2 Å². The third-order valence-electron chi connectivity index (χ3n) is 5.68. The maximum Gasteiger partial charge on any atom is 0.287 e. The van der Waals surface area contributed by atoms with E-state index in [0.29, 0.717) is 34.9 Å². The highest BCUT2D eigenvalue weighted by Crippen LogP contribution is 2.38. The first-order valence-electron chi connectivity index (χ1n) is 10.7. The Morgan fingerprint density at radius 2 is 1.50 bits per heavy atom. The molecule has 2 N–H and O–H groups in total. The lowest BCUT2D eigenvalue weighted by Crippen LogP contribution is -2.38. The molecule has 174 valence electrons. The van der Waals surface area contributed by atoms with Gasteiger partial charge in [0.15, 0.2) is 11.5 Å². The predicted octanol–water partition coefficient (Wildman–Crippen LogP) is 3.46. The molecule has 4 rings (SSSR count). The second kappa shape index (κ2) is 10.1. The van der Waals surface area contributed by atoms with Gasteiger partial charge in [-0.2, -0.15) is 10.2 Å². The Morgan fingerprint density at radius 1 is 0.941 bits per heavy atom. The van der Waals surface area contributed by atoms with Crippen LogP contribution in [-0.2, 0) is 10.3 Å². The van der Waals surface area contributed by atoms with Crippen LogP contribution in [0.3, 0.4) is 0 Å². The largest absolute Gasteiger partial charge is 0.493 e. The summed E-state index contributed by atoms with van der Waals surface area (Å²) < 4.78 is 16.0. The summed E-state index contributed by atoms with van der Waals surface area (Å²) in [4.78, 5) is 12.9. The van der Waals surface area contributed by atoms with Gasteiger partial charge in [-0.05, 0) is 23.3 Å². The van der Waals surface area contributed by atoms with Gasteiger partial charge in [0.25, 0.3) is 5.91 Å². The highest BCUT2D eigenvalue weighted by atomic mass is 16.5. The minimum atomic E-state index is -0.629. The molecule has 34 heavy (non-hydrogen) atoms. The van der Waals surface area contributed by atoms with E-state index >= 15 is 0 Å². The minimum absolute atomic E-state index is 0.356. The number of methoxy groups -OCH3 is 3. The number of nitrogens with zero attached hydrogens (tertiary/aromatic N) is 2. The number of carbonyl (C=O) groups is 1. The van der Waals surface area contributed by atoms with Crippen LogP contribution in [0.25, 0.3) is 0 Å². The summed E-state index contributed by atoms with van der Waals surface area (Å²) in [6, 6.07) is 23.4. The van der Waals surface area contributed by atoms with Gasteiger partial charge in [0, 0.05) is 12.0 Å². The summed E-state index contributed by atoms with van der Waals surface area (Å²) in [6.07, 6.45) is 1.89. The Morgan fingerprint density at radius 3 is 2.00 bits per heavy atom. The third-order valence-corrected chi connectivity index (χ3v) is 5.68. The lowest BCUT2D eigenvalue weighted by Gasteiger charge is -2.30. The van der Waals surface area contributed by atoms with Crippen LogP contribution >= 0.6 is 0 Å². The number of ether oxygens (including phenoxy) is 3. The van der Waals surface area contributed by atoms with Crippen molar-refractivity contribution in [3.05, 3.63) is 89.5 Å². The van der Waals surface area contributed by atoms with Crippen molar-refractivity contribution in [1.29, 1.82) is 0 Å². The van der Waals surface area contributed by atoms with E-state index in [9.17, 15) is 4.79 Å². The van der Waals surface area contributed by atoms with Gasteiger partial charge in [-0.25, -0.2) is 5.43 Å². The highest BCUT2D eigenvalue weighted by Gasteiger charge is 2.41. The number of nitrogens with one attached hydrogen (secondary N) is 2. The first-order valence-corrected chi connectivity index (χ1v) is 10.7. The van der Waals surface area contributed by atoms with Crippen molar-refractivity contribution >= 4 is 17.8 Å². The third kappa shape index (κ3) is 4.43. The second-order valence-electron chi connectivity index (χ2n) is 7.64. The molecule has 0 saturated heterocycles. The van der Waals surface area contributed by atoms with Crippen LogP contribution in [0, 0.1) is 0 Å². The summed E-state index contributed by atoms with van der Waals surface area (Å²) in [5.41, 5.74) is 8.22. The summed E-state index contributed by atoms with van der Waals surface area (Å²) >= 11 is 0. The molecule has 0 bridgehead atoms. The van der Waals surface area contributed by atoms with E-state index in [1.54, 1.807) is 12.1 Å². The fourth-order valence-electron chi connectivity index (χ4n) is 3.98. The molecule has 1 heterocycles. The molecule has 0 unspecified atom stereocenters. The average molecular weight is 459 g/mol. The van der Waals surface area contributed by atoms with E-state index in [-0.39, 0.29) is 5.91 Å². The molecule has 0 aromatic heterocycles. The van der Waals surface area contributed by atoms with Crippen LogP contribution in [0.5, 0.6) is 17.2 Å². The normalized spacial score (nSPS) is 14.3. The smallest absolute Gasteiger partial charge is 0.287 e. The van der Waals surface area contributed by atoms with Crippen LogP contribution in [0.15, 0.2) is 83.0 Å². The molecule has 1 amide bonds. The van der Waals surface area contributed by atoms with Crippen LogP contribution in [0.4, 0.5) is 0 Å². The van der Waals surface area contributed by atoms with E-state index in [1.165, 1.54) is 27.5 Å². The molecular formula is C26H26N4O4. The lowest BCUT2D eigenvalue weighted by molar-refractivity contribution is -0.114. The summed E-state index contributed by atoms with van der Waals surface area (Å²) in [5, 5.41) is 8.47. The van der Waals surface area contributed by atoms with Gasteiger partial charge < -0.3 is 14.2 Å². The van der Waals surface area contributed by atoms with Gasteiger partial charge >= 0.3 is 0 Å². The molecule has 1 aliphatic rings. The molecule has 8 nitrogen and oxygen atoms in total. The zero-order valence-corrected chi connectivity index (χ0v) is 19.2. The molecule has 0 radical (unpaired) electrons. The predicted molar refractivity (Wildman–Crippen MR) is 131 cm³/mol. The lowest BCUT2D eigenvalue weighted by atomic mass is 9.80. The maximum atomic E-state index is 12.9. The quantitative estimate of drug-likeness (QED) is 0.398. The first kappa shape index (κ1) is 22.8. The Kier molecular flexibility index (Phi) is 6.77.